The fourth-order valence-electron chi connectivity index (χ4n) is 1.98. The summed E-state index contributed by atoms with van der Waals surface area (Å²) in [5.74, 6) is 0. The highest BCUT2D eigenvalue weighted by Crippen LogP contribution is 2.02. The summed E-state index contributed by atoms with van der Waals surface area (Å²) >= 11 is 0. The number of nitrogens with zero attached hydrogens (tertiary/aromatic N) is 2. The average Bonchev–Trinajstić information content (AvgIpc) is 2.32. The molecule has 0 radical (unpaired) electrons. The predicted octanol–water partition coefficient (Wildman–Crippen LogP) is 0.00340. The van der Waals surface area contributed by atoms with Gasteiger partial charge in [0.05, 0.1) is 25.9 Å². The Morgan fingerprint density at radius 3 is 2.26 bits per heavy atom. The second-order valence-corrected chi connectivity index (χ2v) is 4.35. The lowest BCUT2D eigenvalue weighted by Gasteiger charge is -2.35. The monoisotopic (exact) mass is 316 g/mol. The minimum atomic E-state index is -0.431. The first-order chi connectivity index (χ1) is 8.26. The Kier molecular flexibility index (Phi) is 14.8. The molecule has 1 rings (SSSR count). The SMILES string of the molecule is C=CCOCC(O)CN1CCN(CCO)CC1.Cl.Cl. The van der Waals surface area contributed by atoms with Gasteiger partial charge in [0.25, 0.3) is 0 Å². The summed E-state index contributed by atoms with van der Waals surface area (Å²) in [6.07, 6.45) is 1.25. The van der Waals surface area contributed by atoms with Crippen LogP contribution in [0.4, 0.5) is 0 Å². The molecule has 1 saturated heterocycles. The second kappa shape index (κ2) is 13.1. The molecule has 1 aliphatic rings. The smallest absolute Gasteiger partial charge is 0.0900 e. The molecular weight excluding hydrogens is 291 g/mol. The number of hydrogen-bond acceptors (Lipinski definition) is 5. The van der Waals surface area contributed by atoms with E-state index in [1.54, 1.807) is 6.08 Å². The van der Waals surface area contributed by atoms with Gasteiger partial charge in [-0.1, -0.05) is 6.08 Å². The van der Waals surface area contributed by atoms with Crippen molar-refractivity contribution in [2.24, 2.45) is 0 Å². The maximum atomic E-state index is 9.74. The van der Waals surface area contributed by atoms with E-state index in [1.807, 2.05) is 0 Å². The summed E-state index contributed by atoms with van der Waals surface area (Å²) in [4.78, 5) is 4.47. The minimum absolute atomic E-state index is 0. The predicted molar refractivity (Wildman–Crippen MR) is 81.5 cm³/mol. The number of halogens is 2. The standard InChI is InChI=1S/C12H24N2O3.2ClH/c1-2-9-17-11-12(16)10-14-5-3-13(4-6-14)7-8-15;;/h2,12,15-16H,1,3-11H2;2*1H. The molecule has 1 fully saturated rings. The first kappa shape index (κ1) is 21.4. The van der Waals surface area contributed by atoms with E-state index < -0.39 is 6.10 Å². The first-order valence-electron chi connectivity index (χ1n) is 6.18. The van der Waals surface area contributed by atoms with Gasteiger partial charge in [0.1, 0.15) is 0 Å². The highest BCUT2D eigenvalue weighted by molar-refractivity contribution is 5.85. The lowest BCUT2D eigenvalue weighted by molar-refractivity contribution is 0.0136. The highest BCUT2D eigenvalue weighted by atomic mass is 35.5. The molecule has 0 aromatic carbocycles. The van der Waals surface area contributed by atoms with Crippen molar-refractivity contribution in [3.63, 3.8) is 0 Å². The van der Waals surface area contributed by atoms with Gasteiger partial charge < -0.3 is 14.9 Å². The maximum Gasteiger partial charge on any atom is 0.0900 e. The van der Waals surface area contributed by atoms with E-state index in [1.165, 1.54) is 0 Å². The number of β-amino-alcohol motifs (C(OH)–C–C–N with tert-alkyl or cyclic N) is 2. The molecule has 0 bridgehead atoms. The number of aliphatic hydroxyl groups is 2. The molecule has 116 valence electrons. The van der Waals surface area contributed by atoms with Gasteiger partial charge >= 0.3 is 0 Å². The van der Waals surface area contributed by atoms with Crippen molar-refractivity contribution >= 4 is 24.8 Å². The summed E-state index contributed by atoms with van der Waals surface area (Å²) in [6, 6.07) is 0. The summed E-state index contributed by atoms with van der Waals surface area (Å²) in [7, 11) is 0. The fraction of sp³-hybridized carbons (Fsp3) is 0.833. The summed E-state index contributed by atoms with van der Waals surface area (Å²) in [5.41, 5.74) is 0. The lowest BCUT2D eigenvalue weighted by Crippen LogP contribution is -2.49. The zero-order valence-electron chi connectivity index (χ0n) is 11.2. The van der Waals surface area contributed by atoms with Gasteiger partial charge in [-0.25, -0.2) is 0 Å². The summed E-state index contributed by atoms with van der Waals surface area (Å²) in [6.45, 7) is 9.84. The number of hydrogen-bond donors (Lipinski definition) is 2. The van der Waals surface area contributed by atoms with Crippen LogP contribution in [0.2, 0.25) is 0 Å². The van der Waals surface area contributed by atoms with Crippen LogP contribution in [0.25, 0.3) is 0 Å². The Bertz CT molecular complexity index is 215. The number of piperazine rings is 1. The summed E-state index contributed by atoms with van der Waals surface area (Å²) in [5, 5.41) is 18.6. The van der Waals surface area contributed by atoms with Gasteiger partial charge in [0.15, 0.2) is 0 Å². The van der Waals surface area contributed by atoms with Crippen LogP contribution in [0, 0.1) is 0 Å². The van der Waals surface area contributed by atoms with Gasteiger partial charge in [-0.15, -0.1) is 31.4 Å². The Labute approximate surface area is 128 Å². The first-order valence-corrected chi connectivity index (χ1v) is 6.18. The Morgan fingerprint density at radius 2 is 1.74 bits per heavy atom. The van der Waals surface area contributed by atoms with Crippen molar-refractivity contribution < 1.29 is 14.9 Å². The third-order valence-corrected chi connectivity index (χ3v) is 2.90. The van der Waals surface area contributed by atoms with Gasteiger partial charge in [0, 0.05) is 39.3 Å². The minimum Gasteiger partial charge on any atom is -0.395 e. The number of rotatable bonds is 8. The molecule has 2 N–H and O–H groups in total. The van der Waals surface area contributed by atoms with Gasteiger partial charge in [-0.05, 0) is 0 Å². The van der Waals surface area contributed by atoms with E-state index in [-0.39, 0.29) is 31.4 Å². The Hall–Kier alpha value is 0.120. The van der Waals surface area contributed by atoms with E-state index in [2.05, 4.69) is 16.4 Å². The topological polar surface area (TPSA) is 56.2 Å². The molecule has 1 atom stereocenters. The van der Waals surface area contributed by atoms with Crippen molar-refractivity contribution in [2.75, 3.05) is 59.1 Å². The van der Waals surface area contributed by atoms with E-state index in [9.17, 15) is 5.11 Å². The van der Waals surface area contributed by atoms with E-state index in [0.29, 0.717) is 19.8 Å². The third kappa shape index (κ3) is 9.62. The molecule has 5 nitrogen and oxygen atoms in total. The fourth-order valence-corrected chi connectivity index (χ4v) is 1.98. The Morgan fingerprint density at radius 1 is 1.16 bits per heavy atom. The molecule has 0 amide bonds. The van der Waals surface area contributed by atoms with Crippen LogP contribution in [-0.4, -0.2) is 85.2 Å². The molecule has 1 aliphatic heterocycles. The number of ether oxygens (including phenoxy) is 1. The third-order valence-electron chi connectivity index (χ3n) is 2.90. The van der Waals surface area contributed by atoms with E-state index >= 15 is 0 Å². The van der Waals surface area contributed by atoms with Crippen LogP contribution < -0.4 is 0 Å². The normalized spacial score (nSPS) is 18.2. The zero-order valence-corrected chi connectivity index (χ0v) is 12.9. The van der Waals surface area contributed by atoms with E-state index in [0.717, 1.165) is 32.7 Å². The van der Waals surface area contributed by atoms with Gasteiger partial charge in [-0.2, -0.15) is 0 Å². The zero-order chi connectivity index (χ0) is 12.5. The van der Waals surface area contributed by atoms with Crippen LogP contribution in [0.3, 0.4) is 0 Å². The molecule has 1 unspecified atom stereocenters. The van der Waals surface area contributed by atoms with Crippen molar-refractivity contribution in [3.05, 3.63) is 12.7 Å². The maximum absolute atomic E-state index is 9.74. The quantitative estimate of drug-likeness (QED) is 0.488. The molecule has 0 aromatic heterocycles. The van der Waals surface area contributed by atoms with Crippen LogP contribution in [-0.2, 0) is 4.74 Å². The molecule has 0 spiro atoms. The van der Waals surface area contributed by atoms with Crippen LogP contribution in [0.1, 0.15) is 0 Å². The van der Waals surface area contributed by atoms with Crippen molar-refractivity contribution in [1.82, 2.24) is 9.80 Å². The molecule has 0 aromatic rings. The molecule has 0 aliphatic carbocycles. The molecule has 7 heteroatoms. The molecule has 0 saturated carbocycles. The lowest BCUT2D eigenvalue weighted by atomic mass is 10.2. The largest absolute Gasteiger partial charge is 0.395 e. The molecule has 19 heavy (non-hydrogen) atoms. The molecular formula is C12H26Cl2N2O3. The van der Waals surface area contributed by atoms with Crippen molar-refractivity contribution in [2.45, 2.75) is 6.10 Å². The average molecular weight is 317 g/mol. The van der Waals surface area contributed by atoms with Crippen LogP contribution in [0.5, 0.6) is 0 Å². The van der Waals surface area contributed by atoms with Gasteiger partial charge in [0.2, 0.25) is 0 Å². The van der Waals surface area contributed by atoms with Crippen molar-refractivity contribution in [1.29, 1.82) is 0 Å². The van der Waals surface area contributed by atoms with Gasteiger partial charge in [-0.3, -0.25) is 9.80 Å². The van der Waals surface area contributed by atoms with Crippen LogP contribution in [0.15, 0.2) is 12.7 Å². The Balaban J connectivity index is 0. The summed E-state index contributed by atoms with van der Waals surface area (Å²) < 4.78 is 5.21. The van der Waals surface area contributed by atoms with Crippen molar-refractivity contribution in [3.8, 4) is 0 Å². The highest BCUT2D eigenvalue weighted by Gasteiger charge is 2.18. The second-order valence-electron chi connectivity index (χ2n) is 4.35. The van der Waals surface area contributed by atoms with Crippen LogP contribution >= 0.6 is 24.8 Å². The molecule has 1 heterocycles. The van der Waals surface area contributed by atoms with E-state index in [4.69, 9.17) is 9.84 Å². The number of aliphatic hydroxyl groups excluding tert-OH is 2.